The number of allylic oxidation sites excluding steroid dienone is 1. The number of hydrogen-bond donors (Lipinski definition) is 1. The van der Waals surface area contributed by atoms with Crippen molar-refractivity contribution in [2.75, 3.05) is 45.1 Å². The summed E-state index contributed by atoms with van der Waals surface area (Å²) in [6.45, 7) is 7.98. The van der Waals surface area contributed by atoms with Crippen molar-refractivity contribution < 1.29 is 4.79 Å². The summed E-state index contributed by atoms with van der Waals surface area (Å²) < 4.78 is 0. The van der Waals surface area contributed by atoms with Crippen LogP contribution in [-0.4, -0.2) is 76.6 Å². The van der Waals surface area contributed by atoms with Crippen molar-refractivity contribution in [3.63, 3.8) is 0 Å². The monoisotopic (exact) mass is 557 g/mol. The molecule has 1 fully saturated rings. The van der Waals surface area contributed by atoms with E-state index in [1.807, 2.05) is 61.1 Å². The number of carbonyl (C=O) groups excluding carboxylic acids is 1. The predicted molar refractivity (Wildman–Crippen MR) is 168 cm³/mol. The van der Waals surface area contributed by atoms with E-state index < -0.39 is 0 Å². The lowest BCUT2D eigenvalue weighted by Crippen LogP contribution is -2.43. The molecule has 2 aliphatic rings. The Morgan fingerprint density at radius 1 is 0.952 bits per heavy atom. The van der Waals surface area contributed by atoms with Gasteiger partial charge in [0.1, 0.15) is 5.82 Å². The summed E-state index contributed by atoms with van der Waals surface area (Å²) in [4.78, 5) is 36.0. The molecule has 8 heteroatoms. The van der Waals surface area contributed by atoms with E-state index in [4.69, 9.17) is 4.98 Å². The van der Waals surface area contributed by atoms with E-state index in [0.717, 1.165) is 71.9 Å². The average Bonchev–Trinajstić information content (AvgIpc) is 3.56. The molecule has 2 aromatic carbocycles. The number of carbonyl (C=O) groups is 1. The van der Waals surface area contributed by atoms with Gasteiger partial charge in [0.25, 0.3) is 5.91 Å². The van der Waals surface area contributed by atoms with Gasteiger partial charge in [0.2, 0.25) is 0 Å². The van der Waals surface area contributed by atoms with Crippen molar-refractivity contribution in [2.45, 2.75) is 19.9 Å². The van der Waals surface area contributed by atoms with Gasteiger partial charge in [0.05, 0.1) is 12.2 Å². The molecule has 0 radical (unpaired) electrons. The smallest absolute Gasteiger partial charge is 0.255 e. The van der Waals surface area contributed by atoms with Gasteiger partial charge in [0.15, 0.2) is 0 Å². The number of nitrogens with one attached hydrogen (secondary N) is 1. The van der Waals surface area contributed by atoms with Gasteiger partial charge in [-0.05, 0) is 84.3 Å². The SMILES string of the molecule is Cc1ccc(NC(=O)c2ccc(CN3CCN(C)CC3)cc2)cc1Cc1nccc(-c2cncc(C3=CC=NC3)c2)n1. The fourth-order valence-electron chi connectivity index (χ4n) is 5.27. The lowest BCUT2D eigenvalue weighted by atomic mass is 10.0. The molecule has 2 aliphatic heterocycles. The molecular weight excluding hydrogens is 522 g/mol. The predicted octanol–water partition coefficient (Wildman–Crippen LogP) is 4.91. The highest BCUT2D eigenvalue weighted by atomic mass is 16.1. The van der Waals surface area contributed by atoms with Crippen molar-refractivity contribution in [3.05, 3.63) is 113 Å². The zero-order valence-corrected chi connectivity index (χ0v) is 24.1. The second-order valence-corrected chi connectivity index (χ2v) is 11.1. The quantitative estimate of drug-likeness (QED) is 0.332. The summed E-state index contributed by atoms with van der Waals surface area (Å²) in [5, 5.41) is 3.07. The van der Waals surface area contributed by atoms with E-state index in [1.54, 1.807) is 6.20 Å². The minimum atomic E-state index is -0.121. The van der Waals surface area contributed by atoms with Gasteiger partial charge in [0, 0.05) is 80.8 Å². The molecular formula is C34H35N7O. The van der Waals surface area contributed by atoms with Gasteiger partial charge < -0.3 is 10.2 Å². The second-order valence-electron chi connectivity index (χ2n) is 11.1. The first kappa shape index (κ1) is 27.6. The van der Waals surface area contributed by atoms with Crippen LogP contribution in [0.1, 0.15) is 38.4 Å². The number of benzene rings is 2. The molecule has 0 aliphatic carbocycles. The number of anilines is 1. The molecule has 0 unspecified atom stereocenters. The minimum Gasteiger partial charge on any atom is -0.322 e. The van der Waals surface area contributed by atoms with Crippen LogP contribution in [0.4, 0.5) is 5.69 Å². The summed E-state index contributed by atoms with van der Waals surface area (Å²) in [6.07, 6.45) is 9.87. The second kappa shape index (κ2) is 12.5. The first-order valence-corrected chi connectivity index (χ1v) is 14.4. The van der Waals surface area contributed by atoms with Gasteiger partial charge in [-0.3, -0.25) is 19.7 Å². The van der Waals surface area contributed by atoms with Gasteiger partial charge >= 0.3 is 0 Å². The van der Waals surface area contributed by atoms with E-state index >= 15 is 0 Å². The molecule has 1 N–H and O–H groups in total. The number of pyridine rings is 1. The van der Waals surface area contributed by atoms with Crippen molar-refractivity contribution in [1.29, 1.82) is 0 Å². The normalized spacial score (nSPS) is 15.5. The molecule has 0 bridgehead atoms. The van der Waals surface area contributed by atoms with Crippen LogP contribution in [0.5, 0.6) is 0 Å². The van der Waals surface area contributed by atoms with Crippen LogP contribution in [0.25, 0.3) is 16.8 Å². The Bertz CT molecular complexity index is 1640. The van der Waals surface area contributed by atoms with E-state index in [2.05, 4.69) is 62.2 Å². The largest absolute Gasteiger partial charge is 0.322 e. The highest BCUT2D eigenvalue weighted by molar-refractivity contribution is 6.04. The number of likely N-dealkylation sites (N-methyl/N-ethyl adjacent to an activating group) is 1. The Labute approximate surface area is 246 Å². The van der Waals surface area contributed by atoms with Gasteiger partial charge in [-0.2, -0.15) is 0 Å². The average molecular weight is 558 g/mol. The van der Waals surface area contributed by atoms with E-state index in [-0.39, 0.29) is 5.91 Å². The number of aromatic nitrogens is 3. The van der Waals surface area contributed by atoms with Crippen LogP contribution < -0.4 is 5.32 Å². The summed E-state index contributed by atoms with van der Waals surface area (Å²) in [5.41, 5.74) is 8.77. The van der Waals surface area contributed by atoms with E-state index in [1.165, 1.54) is 5.56 Å². The number of amides is 1. The van der Waals surface area contributed by atoms with Crippen LogP contribution in [0.2, 0.25) is 0 Å². The van der Waals surface area contributed by atoms with Crippen molar-refractivity contribution in [2.24, 2.45) is 4.99 Å². The molecule has 4 aromatic rings. The maximum absolute atomic E-state index is 13.1. The number of piperazine rings is 1. The highest BCUT2D eigenvalue weighted by Gasteiger charge is 2.15. The number of nitrogens with zero attached hydrogens (tertiary/aromatic N) is 6. The molecule has 8 nitrogen and oxygen atoms in total. The van der Waals surface area contributed by atoms with Crippen LogP contribution in [0.15, 0.2) is 84.3 Å². The molecule has 0 saturated carbocycles. The summed E-state index contributed by atoms with van der Waals surface area (Å²) in [5.74, 6) is 0.591. The molecule has 42 heavy (non-hydrogen) atoms. The lowest BCUT2D eigenvalue weighted by Gasteiger charge is -2.32. The number of rotatable bonds is 8. The Balaban J connectivity index is 1.11. The summed E-state index contributed by atoms with van der Waals surface area (Å²) in [6, 6.07) is 17.9. The van der Waals surface area contributed by atoms with Gasteiger partial charge in [-0.25, -0.2) is 9.97 Å². The third kappa shape index (κ3) is 6.67. The summed E-state index contributed by atoms with van der Waals surface area (Å²) >= 11 is 0. The van der Waals surface area contributed by atoms with Crippen LogP contribution in [0.3, 0.4) is 0 Å². The molecule has 2 aromatic heterocycles. The molecule has 0 atom stereocenters. The van der Waals surface area contributed by atoms with E-state index in [9.17, 15) is 4.79 Å². The van der Waals surface area contributed by atoms with Crippen LogP contribution in [0, 0.1) is 6.92 Å². The van der Waals surface area contributed by atoms with Crippen molar-refractivity contribution in [1.82, 2.24) is 24.8 Å². The fourth-order valence-corrected chi connectivity index (χ4v) is 5.27. The minimum absolute atomic E-state index is 0.121. The Morgan fingerprint density at radius 3 is 2.55 bits per heavy atom. The van der Waals surface area contributed by atoms with Gasteiger partial charge in [-0.1, -0.05) is 18.2 Å². The van der Waals surface area contributed by atoms with Crippen LogP contribution >= 0.6 is 0 Å². The van der Waals surface area contributed by atoms with Gasteiger partial charge in [-0.15, -0.1) is 0 Å². The first-order chi connectivity index (χ1) is 20.5. The maximum Gasteiger partial charge on any atom is 0.255 e. The molecule has 0 spiro atoms. The molecule has 212 valence electrons. The molecule has 4 heterocycles. The Morgan fingerprint density at radius 2 is 1.76 bits per heavy atom. The highest BCUT2D eigenvalue weighted by Crippen LogP contribution is 2.24. The fraction of sp³-hybridized carbons (Fsp3) is 0.265. The van der Waals surface area contributed by atoms with Crippen molar-refractivity contribution in [3.8, 4) is 11.3 Å². The maximum atomic E-state index is 13.1. The molecule has 1 saturated heterocycles. The third-order valence-corrected chi connectivity index (χ3v) is 7.93. The molecule has 1 amide bonds. The number of aryl methyl sites for hydroxylation is 1. The first-order valence-electron chi connectivity index (χ1n) is 14.4. The van der Waals surface area contributed by atoms with Crippen molar-refractivity contribution >= 4 is 23.4 Å². The number of aliphatic imine (C=N–C) groups is 1. The zero-order chi connectivity index (χ0) is 28.9. The zero-order valence-electron chi connectivity index (χ0n) is 24.1. The molecule has 6 rings (SSSR count). The third-order valence-electron chi connectivity index (χ3n) is 7.93. The lowest BCUT2D eigenvalue weighted by molar-refractivity contribution is 0.102. The van der Waals surface area contributed by atoms with E-state index in [0.29, 0.717) is 24.4 Å². The van der Waals surface area contributed by atoms with Crippen LogP contribution in [-0.2, 0) is 13.0 Å². The standard InChI is InChI=1S/C34H35N7O/c1-24-3-8-31(38-34(42)26-6-4-25(5-7-26)23-41-15-13-40(2)14-16-41)18-28(24)19-33-37-12-10-32(39-33)30-17-29(21-36-22-30)27-9-11-35-20-27/h3-12,17-18,21-22H,13-16,19-20,23H2,1-2H3,(H,38,42). The summed E-state index contributed by atoms with van der Waals surface area (Å²) in [7, 11) is 2.16. The topological polar surface area (TPSA) is 86.6 Å². The number of hydrogen-bond acceptors (Lipinski definition) is 7. The Hall–Kier alpha value is -4.53. The Kier molecular flexibility index (Phi) is 8.26.